The number of aromatic nitrogens is 2. The number of fused-ring (bicyclic) bond motifs is 1. The van der Waals surface area contributed by atoms with Crippen LogP contribution in [0.1, 0.15) is 24.1 Å². The van der Waals surface area contributed by atoms with Crippen molar-refractivity contribution in [2.45, 2.75) is 31.8 Å². The molecule has 1 aromatic carbocycles. The minimum absolute atomic E-state index is 0.171. The van der Waals surface area contributed by atoms with Gasteiger partial charge in [-0.1, -0.05) is 24.3 Å². The number of nitrogens with zero attached hydrogens (tertiary/aromatic N) is 4. The van der Waals surface area contributed by atoms with Crippen molar-refractivity contribution in [1.82, 2.24) is 19.4 Å². The Kier molecular flexibility index (Phi) is 4.10. The Labute approximate surface area is 142 Å². The van der Waals surface area contributed by atoms with Crippen LogP contribution in [0.4, 0.5) is 0 Å². The molecule has 0 N–H and O–H groups in total. The maximum atomic E-state index is 12.7. The zero-order valence-electron chi connectivity index (χ0n) is 14.1. The number of carbonyl (C=O) groups excluding carboxylic acids is 1. The van der Waals surface area contributed by atoms with Gasteiger partial charge in [-0.2, -0.15) is 0 Å². The summed E-state index contributed by atoms with van der Waals surface area (Å²) in [5.41, 5.74) is 2.99. The molecule has 0 saturated carbocycles. The van der Waals surface area contributed by atoms with Gasteiger partial charge in [-0.05, 0) is 30.9 Å². The highest BCUT2D eigenvalue weighted by Crippen LogP contribution is 2.26. The van der Waals surface area contributed by atoms with Gasteiger partial charge < -0.3 is 9.47 Å². The molecular weight excluding hydrogens is 300 g/mol. The number of piperazine rings is 1. The third-order valence-corrected chi connectivity index (χ3v) is 5.50. The molecule has 0 radical (unpaired) electrons. The summed E-state index contributed by atoms with van der Waals surface area (Å²) in [6.45, 7) is 5.54. The van der Waals surface area contributed by atoms with Crippen LogP contribution < -0.4 is 0 Å². The summed E-state index contributed by atoms with van der Waals surface area (Å²) in [7, 11) is 0. The Morgan fingerprint density at radius 3 is 2.38 bits per heavy atom. The van der Waals surface area contributed by atoms with Gasteiger partial charge in [0, 0.05) is 44.6 Å². The van der Waals surface area contributed by atoms with Crippen LogP contribution in [0.5, 0.6) is 0 Å². The van der Waals surface area contributed by atoms with Gasteiger partial charge in [0.2, 0.25) is 5.91 Å². The summed E-state index contributed by atoms with van der Waals surface area (Å²) in [5.74, 6) is 0.197. The molecule has 4 rings (SSSR count). The van der Waals surface area contributed by atoms with Crippen molar-refractivity contribution in [2.24, 2.45) is 0 Å². The molecule has 5 nitrogen and oxygen atoms in total. The molecule has 24 heavy (non-hydrogen) atoms. The van der Waals surface area contributed by atoms with Crippen LogP contribution in [0.2, 0.25) is 0 Å². The summed E-state index contributed by atoms with van der Waals surface area (Å²) < 4.78 is 1.88. The highest BCUT2D eigenvalue weighted by molar-refractivity contribution is 5.80. The van der Waals surface area contributed by atoms with E-state index in [0.717, 1.165) is 39.0 Å². The Hall–Kier alpha value is -2.14. The van der Waals surface area contributed by atoms with E-state index in [1.54, 1.807) is 12.5 Å². The minimum atomic E-state index is -0.171. The predicted octanol–water partition coefficient (Wildman–Crippen LogP) is 1.76. The number of amides is 1. The molecule has 2 heterocycles. The Morgan fingerprint density at radius 2 is 1.79 bits per heavy atom. The second-order valence-electron chi connectivity index (χ2n) is 6.88. The molecule has 5 heteroatoms. The van der Waals surface area contributed by atoms with Gasteiger partial charge in [-0.25, -0.2) is 4.98 Å². The molecule has 2 aromatic rings. The second-order valence-corrected chi connectivity index (χ2v) is 6.88. The summed E-state index contributed by atoms with van der Waals surface area (Å²) >= 11 is 0. The van der Waals surface area contributed by atoms with E-state index in [9.17, 15) is 4.79 Å². The fourth-order valence-electron chi connectivity index (χ4n) is 3.99. The van der Waals surface area contributed by atoms with E-state index in [1.807, 2.05) is 22.6 Å². The van der Waals surface area contributed by atoms with E-state index in [4.69, 9.17) is 0 Å². The Balaban J connectivity index is 1.33. The van der Waals surface area contributed by atoms with Gasteiger partial charge in [0.15, 0.2) is 0 Å². The molecule has 1 unspecified atom stereocenters. The third kappa shape index (κ3) is 2.84. The topological polar surface area (TPSA) is 41.4 Å². The first-order valence-electron chi connectivity index (χ1n) is 8.79. The summed E-state index contributed by atoms with van der Waals surface area (Å²) in [6, 6.07) is 9.20. The van der Waals surface area contributed by atoms with Gasteiger partial charge in [-0.15, -0.1) is 0 Å². The normalized spacial score (nSPS) is 20.1. The molecule has 1 saturated heterocycles. The molecule has 0 bridgehead atoms. The van der Waals surface area contributed by atoms with Gasteiger partial charge in [0.25, 0.3) is 0 Å². The number of hydrogen-bond donors (Lipinski definition) is 0. The van der Waals surface area contributed by atoms with Gasteiger partial charge in [-0.3, -0.25) is 9.69 Å². The maximum Gasteiger partial charge on any atom is 0.245 e. The Morgan fingerprint density at radius 1 is 1.12 bits per heavy atom. The monoisotopic (exact) mass is 324 g/mol. The number of hydrogen-bond acceptors (Lipinski definition) is 3. The Bertz CT molecular complexity index is 679. The van der Waals surface area contributed by atoms with E-state index in [0.29, 0.717) is 6.04 Å². The average molecular weight is 324 g/mol. The standard InChI is InChI=1S/C19H24N4O/c1-15(23-7-6-20-14-23)19(24)22-10-8-21(9-11-22)18-12-16-4-2-3-5-17(16)13-18/h2-7,14-15,18H,8-13H2,1H3. The van der Waals surface area contributed by atoms with E-state index in [-0.39, 0.29) is 11.9 Å². The van der Waals surface area contributed by atoms with Gasteiger partial charge in [0.05, 0.1) is 6.33 Å². The lowest BCUT2D eigenvalue weighted by Crippen LogP contribution is -2.53. The fraction of sp³-hybridized carbons (Fsp3) is 0.474. The molecular formula is C19H24N4O. The van der Waals surface area contributed by atoms with Crippen molar-refractivity contribution in [3.8, 4) is 0 Å². The van der Waals surface area contributed by atoms with Crippen molar-refractivity contribution >= 4 is 5.91 Å². The van der Waals surface area contributed by atoms with Crippen LogP contribution in [0.3, 0.4) is 0 Å². The predicted molar refractivity (Wildman–Crippen MR) is 92.7 cm³/mol. The number of rotatable bonds is 3. The lowest BCUT2D eigenvalue weighted by Gasteiger charge is -2.39. The first-order valence-corrected chi connectivity index (χ1v) is 8.79. The molecule has 1 fully saturated rings. The van der Waals surface area contributed by atoms with Crippen LogP contribution >= 0.6 is 0 Å². The van der Waals surface area contributed by atoms with Crippen LogP contribution in [-0.2, 0) is 17.6 Å². The summed E-state index contributed by atoms with van der Waals surface area (Å²) in [6.07, 6.45) is 7.59. The molecule has 1 atom stereocenters. The quantitative estimate of drug-likeness (QED) is 0.864. The SMILES string of the molecule is CC(C(=O)N1CCN(C2Cc3ccccc3C2)CC1)n1ccnc1. The van der Waals surface area contributed by atoms with Crippen LogP contribution in [0.15, 0.2) is 43.0 Å². The highest BCUT2D eigenvalue weighted by Gasteiger charge is 2.31. The number of carbonyl (C=O) groups is 1. The van der Waals surface area contributed by atoms with E-state index >= 15 is 0 Å². The van der Waals surface area contributed by atoms with Crippen molar-refractivity contribution in [3.05, 3.63) is 54.1 Å². The van der Waals surface area contributed by atoms with E-state index < -0.39 is 0 Å². The maximum absolute atomic E-state index is 12.7. The molecule has 1 aliphatic carbocycles. The molecule has 1 aliphatic heterocycles. The van der Waals surface area contributed by atoms with E-state index in [2.05, 4.69) is 34.1 Å². The first-order chi connectivity index (χ1) is 11.7. The van der Waals surface area contributed by atoms with Crippen LogP contribution in [0, 0.1) is 0 Å². The van der Waals surface area contributed by atoms with Crippen LogP contribution in [0.25, 0.3) is 0 Å². The van der Waals surface area contributed by atoms with Crippen molar-refractivity contribution < 1.29 is 4.79 Å². The highest BCUT2D eigenvalue weighted by atomic mass is 16.2. The smallest absolute Gasteiger partial charge is 0.245 e. The third-order valence-electron chi connectivity index (χ3n) is 5.50. The number of imidazole rings is 1. The zero-order valence-corrected chi connectivity index (χ0v) is 14.1. The van der Waals surface area contributed by atoms with Crippen molar-refractivity contribution in [3.63, 3.8) is 0 Å². The molecule has 0 spiro atoms. The van der Waals surface area contributed by atoms with Gasteiger partial charge in [0.1, 0.15) is 6.04 Å². The van der Waals surface area contributed by atoms with Crippen molar-refractivity contribution in [1.29, 1.82) is 0 Å². The lowest BCUT2D eigenvalue weighted by atomic mass is 10.1. The first kappa shape index (κ1) is 15.4. The fourth-order valence-corrected chi connectivity index (χ4v) is 3.99. The molecule has 2 aliphatic rings. The zero-order chi connectivity index (χ0) is 16.5. The lowest BCUT2D eigenvalue weighted by molar-refractivity contribution is -0.136. The molecule has 1 aromatic heterocycles. The molecule has 1 amide bonds. The molecule has 126 valence electrons. The second kappa shape index (κ2) is 6.40. The number of benzene rings is 1. The minimum Gasteiger partial charge on any atom is -0.338 e. The average Bonchev–Trinajstić information content (AvgIpc) is 3.30. The van der Waals surface area contributed by atoms with Crippen LogP contribution in [-0.4, -0.2) is 57.5 Å². The largest absolute Gasteiger partial charge is 0.338 e. The van der Waals surface area contributed by atoms with Crippen molar-refractivity contribution in [2.75, 3.05) is 26.2 Å². The summed E-state index contributed by atoms with van der Waals surface area (Å²) in [4.78, 5) is 21.3. The van der Waals surface area contributed by atoms with E-state index in [1.165, 1.54) is 11.1 Å². The van der Waals surface area contributed by atoms with Gasteiger partial charge >= 0.3 is 0 Å². The summed E-state index contributed by atoms with van der Waals surface area (Å²) in [5, 5.41) is 0.